The molecule has 0 aliphatic carbocycles. The first-order valence-electron chi connectivity index (χ1n) is 18.0. The molecule has 56 heavy (non-hydrogen) atoms. The van der Waals surface area contributed by atoms with Gasteiger partial charge in [-0.1, -0.05) is 17.7 Å². The van der Waals surface area contributed by atoms with Crippen LogP contribution in [0.4, 0.5) is 35.1 Å². The Kier molecular flexibility index (Phi) is 15.8. The lowest BCUT2D eigenvalue weighted by Gasteiger charge is -2.27. The number of esters is 1. The molecule has 0 bridgehead atoms. The highest BCUT2D eigenvalue weighted by molar-refractivity contribution is 5.85. The number of carbonyl (C=O) groups is 2. The first-order valence-corrected chi connectivity index (χ1v) is 18.0. The Morgan fingerprint density at radius 1 is 1.04 bits per heavy atom. The number of pyridine rings is 1. The van der Waals surface area contributed by atoms with E-state index in [9.17, 15) is 45.1 Å². The van der Waals surface area contributed by atoms with Crippen molar-refractivity contribution >= 4 is 11.9 Å². The zero-order chi connectivity index (χ0) is 42.1. The summed E-state index contributed by atoms with van der Waals surface area (Å²) in [5.41, 5.74) is -5.61. The van der Waals surface area contributed by atoms with Crippen molar-refractivity contribution in [2.75, 3.05) is 27.2 Å². The van der Waals surface area contributed by atoms with Crippen molar-refractivity contribution in [3.05, 3.63) is 116 Å². The number of amides is 1. The molecule has 1 aromatic heterocycles. The van der Waals surface area contributed by atoms with Crippen molar-refractivity contribution in [3.8, 4) is 11.1 Å². The summed E-state index contributed by atoms with van der Waals surface area (Å²) in [6.45, 7) is 10.1. The van der Waals surface area contributed by atoms with E-state index in [2.05, 4.69) is 16.9 Å². The van der Waals surface area contributed by atoms with Gasteiger partial charge in [-0.3, -0.25) is 14.4 Å². The van der Waals surface area contributed by atoms with Crippen molar-refractivity contribution < 1.29 is 49.4 Å². The molecule has 0 aliphatic rings. The third kappa shape index (κ3) is 11.9. The maximum absolute atomic E-state index is 16.2. The molecule has 3 rings (SSSR count). The number of ether oxygens (including phenoxy) is 1. The lowest BCUT2D eigenvalue weighted by Crippen LogP contribution is -2.38. The molecule has 306 valence electrons. The molecular formula is C41H47F8N3O4. The van der Waals surface area contributed by atoms with E-state index >= 15 is 4.39 Å². The van der Waals surface area contributed by atoms with E-state index in [1.807, 2.05) is 0 Å². The number of aromatic nitrogens is 1. The molecule has 1 heterocycles. The molecule has 0 fully saturated rings. The Bertz CT molecular complexity index is 1980. The van der Waals surface area contributed by atoms with Crippen molar-refractivity contribution in [2.24, 2.45) is 0 Å². The summed E-state index contributed by atoms with van der Waals surface area (Å²) in [7, 11) is 3.46. The van der Waals surface area contributed by atoms with Crippen molar-refractivity contribution in [3.63, 3.8) is 0 Å². The Balaban J connectivity index is 2.35. The number of benzene rings is 2. The van der Waals surface area contributed by atoms with E-state index in [-0.39, 0.29) is 60.1 Å². The van der Waals surface area contributed by atoms with Gasteiger partial charge in [0.2, 0.25) is 5.91 Å². The number of rotatable bonds is 17. The monoisotopic (exact) mass is 797 g/mol. The van der Waals surface area contributed by atoms with Crippen LogP contribution in [0.25, 0.3) is 11.1 Å². The van der Waals surface area contributed by atoms with E-state index in [1.54, 1.807) is 45.0 Å². The fraction of sp³-hybridized carbons (Fsp3) is 0.439. The zero-order valence-electron chi connectivity index (χ0n) is 32.2. The predicted molar refractivity (Wildman–Crippen MR) is 198 cm³/mol. The number of nitrogens with one attached hydrogen (secondary N) is 2. The molecule has 2 N–H and O–H groups in total. The highest BCUT2D eigenvalue weighted by atomic mass is 19.4. The number of carbonyl (C=O) groups excluding carboxylic acids is 2. The highest BCUT2D eigenvalue weighted by Gasteiger charge is 2.42. The number of allylic oxidation sites excluding steroid dienone is 3. The van der Waals surface area contributed by atoms with Crippen molar-refractivity contribution in [2.45, 2.75) is 90.5 Å². The van der Waals surface area contributed by atoms with Crippen LogP contribution >= 0.6 is 0 Å². The number of hydrogen-bond donors (Lipinski definition) is 2. The lowest BCUT2D eigenvalue weighted by atomic mass is 9.86. The molecule has 1 amide bonds. The Labute approximate surface area is 320 Å². The number of H-pyrrole nitrogens is 1. The molecular weight excluding hydrogens is 750 g/mol. The first kappa shape index (κ1) is 45.6. The van der Waals surface area contributed by atoms with Crippen LogP contribution in [0, 0.1) is 18.6 Å². The van der Waals surface area contributed by atoms with Crippen LogP contribution in [0.5, 0.6) is 0 Å². The minimum Gasteiger partial charge on any atom is -0.466 e. The van der Waals surface area contributed by atoms with Crippen LogP contribution in [-0.4, -0.2) is 49.0 Å². The molecule has 7 nitrogen and oxygen atoms in total. The smallest absolute Gasteiger partial charge is 0.419 e. The highest BCUT2D eigenvalue weighted by Crippen LogP contribution is 2.42. The fourth-order valence-electron chi connectivity index (χ4n) is 6.62. The van der Waals surface area contributed by atoms with Gasteiger partial charge < -0.3 is 19.9 Å². The van der Waals surface area contributed by atoms with Gasteiger partial charge in [0.25, 0.3) is 5.56 Å². The van der Waals surface area contributed by atoms with Crippen LogP contribution in [0.15, 0.2) is 59.6 Å². The summed E-state index contributed by atoms with van der Waals surface area (Å²) in [6.07, 6.45) is -7.41. The second-order valence-corrected chi connectivity index (χ2v) is 13.9. The second-order valence-electron chi connectivity index (χ2n) is 13.9. The van der Waals surface area contributed by atoms with Crippen molar-refractivity contribution in [1.29, 1.82) is 0 Å². The maximum Gasteiger partial charge on any atom is 0.419 e. The number of alkyl halides is 6. The molecule has 3 aromatic rings. The Morgan fingerprint density at radius 2 is 1.71 bits per heavy atom. The van der Waals surface area contributed by atoms with Gasteiger partial charge in [-0.2, -0.15) is 26.3 Å². The lowest BCUT2D eigenvalue weighted by molar-refractivity contribution is -0.144. The van der Waals surface area contributed by atoms with E-state index in [0.717, 1.165) is 24.4 Å². The van der Waals surface area contributed by atoms with Crippen LogP contribution in [0.3, 0.4) is 0 Å². The van der Waals surface area contributed by atoms with Gasteiger partial charge in [0, 0.05) is 17.3 Å². The van der Waals surface area contributed by atoms with Gasteiger partial charge in [0.15, 0.2) is 0 Å². The third-order valence-electron chi connectivity index (χ3n) is 9.09. The van der Waals surface area contributed by atoms with Gasteiger partial charge in [-0.25, -0.2) is 8.78 Å². The van der Waals surface area contributed by atoms with Gasteiger partial charge in [-0.15, -0.1) is 6.58 Å². The van der Waals surface area contributed by atoms with Gasteiger partial charge >= 0.3 is 18.3 Å². The molecule has 2 aromatic carbocycles. The largest absolute Gasteiger partial charge is 0.466 e. The normalized spacial score (nSPS) is 13.3. The molecule has 0 saturated carbocycles. The summed E-state index contributed by atoms with van der Waals surface area (Å²) >= 11 is 0. The van der Waals surface area contributed by atoms with E-state index in [0.29, 0.717) is 18.2 Å². The fourth-order valence-corrected chi connectivity index (χ4v) is 6.62. The van der Waals surface area contributed by atoms with Gasteiger partial charge in [-0.05, 0) is 133 Å². The Morgan fingerprint density at radius 3 is 2.29 bits per heavy atom. The molecule has 0 radical (unpaired) electrons. The number of aromatic amines is 1. The average molecular weight is 798 g/mol. The molecule has 0 unspecified atom stereocenters. The summed E-state index contributed by atoms with van der Waals surface area (Å²) < 4.78 is 124. The average Bonchev–Trinajstić information content (AvgIpc) is 3.07. The SMILES string of the molecule is C=C(C)CC[C@H](C(=O)N[C@@H](CC(=O)OCC)c1cc(-c2c(C)cc(F)cc2CC=CC)cc(C(F)(F)F)c1F)c1c(C(F)(F)F)c(CCCN(C)C)c[nH]c1=O. The van der Waals surface area contributed by atoms with Crippen molar-refractivity contribution in [1.82, 2.24) is 15.2 Å². The number of hydrogen-bond acceptors (Lipinski definition) is 5. The quantitative estimate of drug-likeness (QED) is 0.0807. The molecule has 0 spiro atoms. The summed E-state index contributed by atoms with van der Waals surface area (Å²) in [4.78, 5) is 44.6. The van der Waals surface area contributed by atoms with Gasteiger partial charge in [0.05, 0.1) is 36.1 Å². The minimum absolute atomic E-state index is 0.0525. The maximum atomic E-state index is 16.2. The minimum atomic E-state index is -5.31. The number of nitrogens with zero attached hydrogens (tertiary/aromatic N) is 1. The van der Waals surface area contributed by atoms with E-state index < -0.39 is 88.5 Å². The summed E-state index contributed by atoms with van der Waals surface area (Å²) in [5, 5.41) is 2.32. The topological polar surface area (TPSA) is 91.5 Å². The molecule has 15 heteroatoms. The number of aryl methyl sites for hydroxylation is 2. The number of halogens is 8. The van der Waals surface area contributed by atoms with Gasteiger partial charge in [0.1, 0.15) is 11.6 Å². The standard InChI is InChI=1S/C41H47F8N3O4/c1-8-10-12-25-18-28(42)17-24(5)34(25)27-19-30(37(43)31(20-27)40(44,45)46)32(21-33(53)56-9-2)51-38(54)29(15-14-23(3)4)35-36(41(47,48)49)26(22-50-39(35)55)13-11-16-52(6)7/h8,10,17-20,22,29,32H,3,9,11-16,21H2,1-2,4-7H3,(H,50,55)(H,51,54)/t29-,32-/m0/s1. The van der Waals surface area contributed by atoms with E-state index in [4.69, 9.17) is 4.74 Å². The molecule has 2 atom stereocenters. The predicted octanol–water partition coefficient (Wildman–Crippen LogP) is 9.53. The van der Waals surface area contributed by atoms with Crippen LogP contribution < -0.4 is 10.9 Å². The van der Waals surface area contributed by atoms with Crippen LogP contribution in [-0.2, 0) is 39.5 Å². The van der Waals surface area contributed by atoms with E-state index in [1.165, 1.54) is 13.8 Å². The summed E-state index contributed by atoms with van der Waals surface area (Å²) in [5.74, 6) is -6.77. The van der Waals surface area contributed by atoms with Crippen LogP contribution in [0.2, 0.25) is 0 Å². The molecule has 0 aliphatic heterocycles. The second kappa shape index (κ2) is 19.4. The first-order chi connectivity index (χ1) is 26.1. The zero-order valence-corrected chi connectivity index (χ0v) is 32.2. The van der Waals surface area contributed by atoms with Crippen LogP contribution in [0.1, 0.15) is 97.4 Å². The summed E-state index contributed by atoms with van der Waals surface area (Å²) in [6, 6.07) is 1.78. The Hall–Kier alpha value is -4.79. The molecule has 0 saturated heterocycles. The third-order valence-corrected chi connectivity index (χ3v) is 9.09.